The van der Waals surface area contributed by atoms with Gasteiger partial charge in [0.1, 0.15) is 5.75 Å². The molecule has 0 amide bonds. The van der Waals surface area contributed by atoms with Crippen molar-refractivity contribution in [3.8, 4) is 5.75 Å². The number of hydrogen-bond acceptors (Lipinski definition) is 4. The van der Waals surface area contributed by atoms with E-state index >= 15 is 0 Å². The summed E-state index contributed by atoms with van der Waals surface area (Å²) in [7, 11) is 0. The van der Waals surface area contributed by atoms with Crippen LogP contribution in [0, 0.1) is 0 Å². The second kappa shape index (κ2) is 5.95. The van der Waals surface area contributed by atoms with Gasteiger partial charge in [-0.25, -0.2) is 9.94 Å². The molecule has 0 saturated heterocycles. The van der Waals surface area contributed by atoms with E-state index in [1.54, 1.807) is 0 Å². The average Bonchev–Trinajstić information content (AvgIpc) is 2.94. The van der Waals surface area contributed by atoms with E-state index in [1.165, 1.54) is 0 Å². The molecule has 3 N–H and O–H groups in total. The van der Waals surface area contributed by atoms with Crippen molar-refractivity contribution in [2.75, 3.05) is 6.61 Å². The van der Waals surface area contributed by atoms with E-state index in [9.17, 15) is 0 Å². The molecule has 5 heteroatoms. The Kier molecular flexibility index (Phi) is 3.85. The van der Waals surface area contributed by atoms with Gasteiger partial charge in [0.05, 0.1) is 24.4 Å². The van der Waals surface area contributed by atoms with E-state index in [4.69, 9.17) is 10.6 Å². The zero-order valence-corrected chi connectivity index (χ0v) is 11.9. The molecule has 1 aromatic carbocycles. The normalized spacial score (nSPS) is 12.5. The van der Waals surface area contributed by atoms with Gasteiger partial charge in [0.15, 0.2) is 0 Å². The molecular weight excluding hydrogens is 264 g/mol. The van der Waals surface area contributed by atoms with Crippen molar-refractivity contribution in [2.24, 2.45) is 5.84 Å². The Hall–Kier alpha value is -2.37. The van der Waals surface area contributed by atoms with Crippen LogP contribution in [0.1, 0.15) is 24.1 Å². The number of ether oxygens (including phenoxy) is 1. The average molecular weight is 282 g/mol. The van der Waals surface area contributed by atoms with Crippen LogP contribution in [0.5, 0.6) is 5.75 Å². The van der Waals surface area contributed by atoms with Crippen LogP contribution >= 0.6 is 0 Å². The summed E-state index contributed by atoms with van der Waals surface area (Å²) in [5.74, 6) is 6.64. The minimum absolute atomic E-state index is 0.173. The van der Waals surface area contributed by atoms with E-state index < -0.39 is 0 Å². The Balaban J connectivity index is 2.10. The Morgan fingerprint density at radius 2 is 2.00 bits per heavy atom. The summed E-state index contributed by atoms with van der Waals surface area (Å²) in [6, 6.07) is 13.7. The maximum absolute atomic E-state index is 5.81. The van der Waals surface area contributed by atoms with Crippen LogP contribution in [0.3, 0.4) is 0 Å². The lowest BCUT2D eigenvalue weighted by molar-refractivity contribution is 0.333. The highest BCUT2D eigenvalue weighted by molar-refractivity contribution is 5.58. The van der Waals surface area contributed by atoms with E-state index in [0.29, 0.717) is 6.61 Å². The monoisotopic (exact) mass is 282 g/mol. The molecule has 2 aromatic heterocycles. The number of fused-ring (bicyclic) bond motifs is 1. The van der Waals surface area contributed by atoms with Crippen LogP contribution in [-0.4, -0.2) is 16.2 Å². The van der Waals surface area contributed by atoms with Gasteiger partial charge in [-0.2, -0.15) is 5.10 Å². The van der Waals surface area contributed by atoms with Crippen LogP contribution in [0.25, 0.3) is 5.52 Å². The van der Waals surface area contributed by atoms with Gasteiger partial charge in [-0.1, -0.05) is 24.3 Å². The summed E-state index contributed by atoms with van der Waals surface area (Å²) >= 11 is 0. The topological polar surface area (TPSA) is 64.6 Å². The summed E-state index contributed by atoms with van der Waals surface area (Å²) in [6.45, 7) is 2.58. The van der Waals surface area contributed by atoms with E-state index in [0.717, 1.165) is 22.4 Å². The van der Waals surface area contributed by atoms with Crippen LogP contribution < -0.4 is 16.0 Å². The zero-order valence-electron chi connectivity index (χ0n) is 11.9. The molecule has 0 bridgehead atoms. The molecule has 0 aliphatic rings. The van der Waals surface area contributed by atoms with Gasteiger partial charge in [0.2, 0.25) is 0 Å². The molecule has 1 unspecified atom stereocenters. The summed E-state index contributed by atoms with van der Waals surface area (Å²) < 4.78 is 7.54. The number of hydrazine groups is 1. The maximum atomic E-state index is 5.81. The molecule has 0 fully saturated rings. The van der Waals surface area contributed by atoms with Crippen molar-refractivity contribution in [1.29, 1.82) is 0 Å². The Bertz CT molecular complexity index is 738. The number of nitrogens with two attached hydrogens (primary N) is 1. The summed E-state index contributed by atoms with van der Waals surface area (Å²) in [5, 5.41) is 4.37. The molecule has 0 saturated carbocycles. The lowest BCUT2D eigenvalue weighted by atomic mass is 9.99. The number of nitrogens with one attached hydrogen (secondary N) is 1. The van der Waals surface area contributed by atoms with Gasteiger partial charge in [-0.15, -0.1) is 0 Å². The molecule has 1 atom stereocenters. The summed E-state index contributed by atoms with van der Waals surface area (Å²) in [6.07, 6.45) is 3.75. The van der Waals surface area contributed by atoms with E-state index in [1.807, 2.05) is 66.3 Å². The number of para-hydroxylation sites is 1. The van der Waals surface area contributed by atoms with Crippen LogP contribution in [0.4, 0.5) is 0 Å². The van der Waals surface area contributed by atoms with Gasteiger partial charge in [-0.3, -0.25) is 5.84 Å². The lowest BCUT2D eigenvalue weighted by Gasteiger charge is -2.19. The zero-order chi connectivity index (χ0) is 14.7. The van der Waals surface area contributed by atoms with Gasteiger partial charge in [0.25, 0.3) is 0 Å². The first-order valence-electron chi connectivity index (χ1n) is 6.95. The molecule has 21 heavy (non-hydrogen) atoms. The van der Waals surface area contributed by atoms with Crippen molar-refractivity contribution in [3.05, 3.63) is 66.0 Å². The van der Waals surface area contributed by atoms with Crippen molar-refractivity contribution >= 4 is 5.52 Å². The quantitative estimate of drug-likeness (QED) is 0.556. The fourth-order valence-corrected chi connectivity index (χ4v) is 2.53. The number of pyridine rings is 1. The molecule has 3 rings (SSSR count). The minimum Gasteiger partial charge on any atom is -0.494 e. The summed E-state index contributed by atoms with van der Waals surface area (Å²) in [5.41, 5.74) is 5.92. The number of rotatable bonds is 5. The second-order valence-electron chi connectivity index (χ2n) is 4.70. The predicted molar refractivity (Wildman–Crippen MR) is 82.0 cm³/mol. The molecule has 108 valence electrons. The van der Waals surface area contributed by atoms with Crippen molar-refractivity contribution < 1.29 is 4.74 Å². The highest BCUT2D eigenvalue weighted by Gasteiger charge is 2.20. The number of benzene rings is 1. The maximum Gasteiger partial charge on any atom is 0.124 e. The molecule has 0 aliphatic carbocycles. The van der Waals surface area contributed by atoms with Gasteiger partial charge in [-0.05, 0) is 25.1 Å². The molecule has 0 aliphatic heterocycles. The fourth-order valence-electron chi connectivity index (χ4n) is 2.53. The first kappa shape index (κ1) is 13.6. The molecule has 5 nitrogen and oxygen atoms in total. The SMILES string of the molecule is CCOc1ccccc1C(NN)c1cnn2ccccc12. The smallest absolute Gasteiger partial charge is 0.124 e. The van der Waals surface area contributed by atoms with Gasteiger partial charge < -0.3 is 4.74 Å². The predicted octanol–water partition coefficient (Wildman–Crippen LogP) is 2.29. The van der Waals surface area contributed by atoms with E-state index in [2.05, 4.69) is 10.5 Å². The summed E-state index contributed by atoms with van der Waals surface area (Å²) in [4.78, 5) is 0. The standard InChI is InChI=1S/C16H18N4O/c1-2-21-15-9-4-3-7-12(15)16(19-17)13-11-18-20-10-6-5-8-14(13)20/h3-11,16,19H,2,17H2,1H3. The molecular formula is C16H18N4O. The van der Waals surface area contributed by atoms with Gasteiger partial charge in [0, 0.05) is 17.3 Å². The Morgan fingerprint density at radius 1 is 1.19 bits per heavy atom. The molecule has 0 radical (unpaired) electrons. The number of hydrogen-bond donors (Lipinski definition) is 2. The third-order valence-electron chi connectivity index (χ3n) is 3.46. The molecule has 2 heterocycles. The van der Waals surface area contributed by atoms with Crippen LogP contribution in [0.2, 0.25) is 0 Å². The van der Waals surface area contributed by atoms with Crippen molar-refractivity contribution in [2.45, 2.75) is 13.0 Å². The van der Waals surface area contributed by atoms with Gasteiger partial charge >= 0.3 is 0 Å². The lowest BCUT2D eigenvalue weighted by Crippen LogP contribution is -2.29. The number of nitrogens with zero attached hydrogens (tertiary/aromatic N) is 2. The second-order valence-corrected chi connectivity index (χ2v) is 4.70. The molecule has 3 aromatic rings. The Labute approximate surface area is 123 Å². The highest BCUT2D eigenvalue weighted by Crippen LogP contribution is 2.31. The third kappa shape index (κ3) is 2.49. The minimum atomic E-state index is -0.173. The Morgan fingerprint density at radius 3 is 2.81 bits per heavy atom. The molecule has 0 spiro atoms. The van der Waals surface area contributed by atoms with Crippen LogP contribution in [-0.2, 0) is 0 Å². The van der Waals surface area contributed by atoms with Crippen molar-refractivity contribution in [3.63, 3.8) is 0 Å². The third-order valence-corrected chi connectivity index (χ3v) is 3.46. The van der Waals surface area contributed by atoms with Crippen molar-refractivity contribution in [1.82, 2.24) is 15.0 Å². The largest absolute Gasteiger partial charge is 0.494 e. The first-order valence-corrected chi connectivity index (χ1v) is 6.95. The first-order chi connectivity index (χ1) is 10.3. The van der Waals surface area contributed by atoms with Crippen LogP contribution in [0.15, 0.2) is 54.9 Å². The highest BCUT2D eigenvalue weighted by atomic mass is 16.5. The van der Waals surface area contributed by atoms with E-state index in [-0.39, 0.29) is 6.04 Å². The fraction of sp³-hybridized carbons (Fsp3) is 0.188. The number of aromatic nitrogens is 2.